The maximum absolute atomic E-state index is 10.7. The first-order valence-electron chi connectivity index (χ1n) is 3.76. The van der Waals surface area contributed by atoms with Crippen LogP contribution >= 0.6 is 45.9 Å². The van der Waals surface area contributed by atoms with Crippen molar-refractivity contribution in [1.82, 2.24) is 0 Å². The van der Waals surface area contributed by atoms with Gasteiger partial charge >= 0.3 is 5.00 Å². The van der Waals surface area contributed by atoms with Gasteiger partial charge in [-0.25, -0.2) is 0 Å². The molecule has 3 nitrogen and oxygen atoms in total. The molecule has 2 heterocycles. The Morgan fingerprint density at radius 2 is 2.07 bits per heavy atom. The third-order valence-electron chi connectivity index (χ3n) is 1.76. The van der Waals surface area contributed by atoms with E-state index >= 15 is 0 Å². The second kappa shape index (κ2) is 4.09. The van der Waals surface area contributed by atoms with E-state index in [1.165, 1.54) is 11.3 Å². The van der Waals surface area contributed by atoms with Gasteiger partial charge in [0.2, 0.25) is 0 Å². The van der Waals surface area contributed by atoms with Crippen molar-refractivity contribution in [2.75, 3.05) is 0 Å². The van der Waals surface area contributed by atoms with E-state index in [2.05, 4.69) is 0 Å². The molecule has 0 atom stereocenters. The van der Waals surface area contributed by atoms with E-state index in [1.807, 2.05) is 0 Å². The Morgan fingerprint density at radius 3 is 2.60 bits per heavy atom. The second-order valence-corrected chi connectivity index (χ2v) is 5.81. The van der Waals surface area contributed by atoms with E-state index in [0.29, 0.717) is 19.8 Å². The van der Waals surface area contributed by atoms with Gasteiger partial charge in [-0.3, -0.25) is 10.1 Å². The third-order valence-corrected chi connectivity index (χ3v) is 4.11. The molecule has 0 unspecified atom stereocenters. The fourth-order valence-corrected chi connectivity index (χ4v) is 3.39. The zero-order valence-corrected chi connectivity index (χ0v) is 10.2. The van der Waals surface area contributed by atoms with Crippen molar-refractivity contribution in [3.05, 3.63) is 36.3 Å². The van der Waals surface area contributed by atoms with E-state index in [9.17, 15) is 10.1 Å². The number of hydrogen-bond acceptors (Lipinski definition) is 4. The second-order valence-electron chi connectivity index (χ2n) is 2.63. The highest BCUT2D eigenvalue weighted by Gasteiger charge is 2.20. The summed E-state index contributed by atoms with van der Waals surface area (Å²) in [6.07, 6.45) is 0. The SMILES string of the molecule is O=[N+]([O-])c1sccc1-c1cc(Cl)sc1Cl. The van der Waals surface area contributed by atoms with E-state index in [4.69, 9.17) is 23.2 Å². The molecule has 0 aliphatic carbocycles. The van der Waals surface area contributed by atoms with Gasteiger partial charge in [0.15, 0.2) is 0 Å². The molecule has 2 rings (SSSR count). The molecule has 7 heteroatoms. The van der Waals surface area contributed by atoms with Gasteiger partial charge in [0.05, 0.1) is 14.8 Å². The molecule has 0 N–H and O–H groups in total. The molecule has 0 radical (unpaired) electrons. The van der Waals surface area contributed by atoms with Gasteiger partial charge in [-0.05, 0) is 17.5 Å². The summed E-state index contributed by atoms with van der Waals surface area (Å²) in [5.41, 5.74) is 1.15. The van der Waals surface area contributed by atoms with Crippen molar-refractivity contribution in [2.45, 2.75) is 0 Å². The maximum Gasteiger partial charge on any atom is 0.331 e. The Bertz CT molecular complexity index is 520. The molecule has 78 valence electrons. The highest BCUT2D eigenvalue weighted by molar-refractivity contribution is 7.20. The molecule has 0 spiro atoms. The van der Waals surface area contributed by atoms with Crippen LogP contribution in [0.2, 0.25) is 8.67 Å². The van der Waals surface area contributed by atoms with Crippen molar-refractivity contribution in [3.63, 3.8) is 0 Å². The minimum atomic E-state index is -0.415. The van der Waals surface area contributed by atoms with Gasteiger partial charge in [-0.2, -0.15) is 0 Å². The molecule has 0 saturated carbocycles. The lowest BCUT2D eigenvalue weighted by Gasteiger charge is -1.93. The van der Waals surface area contributed by atoms with Crippen molar-refractivity contribution in [1.29, 1.82) is 0 Å². The molecular formula is C8H3Cl2NO2S2. The van der Waals surface area contributed by atoms with Crippen LogP contribution in [0.4, 0.5) is 5.00 Å². The van der Waals surface area contributed by atoms with Crippen molar-refractivity contribution < 1.29 is 4.92 Å². The number of rotatable bonds is 2. The average molecular weight is 280 g/mol. The van der Waals surface area contributed by atoms with Crippen molar-refractivity contribution >= 4 is 50.9 Å². The maximum atomic E-state index is 10.7. The van der Waals surface area contributed by atoms with Crippen LogP contribution in [0.3, 0.4) is 0 Å². The molecular weight excluding hydrogens is 277 g/mol. The summed E-state index contributed by atoms with van der Waals surface area (Å²) in [4.78, 5) is 10.3. The summed E-state index contributed by atoms with van der Waals surface area (Å²) in [6.45, 7) is 0. The topological polar surface area (TPSA) is 43.1 Å². The average Bonchev–Trinajstić information content (AvgIpc) is 2.71. The summed E-state index contributed by atoms with van der Waals surface area (Å²) in [5.74, 6) is 0. The predicted molar refractivity (Wildman–Crippen MR) is 64.3 cm³/mol. The Kier molecular flexibility index (Phi) is 2.97. The lowest BCUT2D eigenvalue weighted by molar-refractivity contribution is -0.379. The third kappa shape index (κ3) is 2.01. The highest BCUT2D eigenvalue weighted by Crippen LogP contribution is 2.43. The summed E-state index contributed by atoms with van der Waals surface area (Å²) in [6, 6.07) is 3.32. The van der Waals surface area contributed by atoms with E-state index in [-0.39, 0.29) is 5.00 Å². The van der Waals surface area contributed by atoms with Gasteiger partial charge in [0, 0.05) is 5.56 Å². The van der Waals surface area contributed by atoms with Crippen LogP contribution in [0.25, 0.3) is 11.1 Å². The van der Waals surface area contributed by atoms with Crippen LogP contribution in [0.1, 0.15) is 0 Å². The van der Waals surface area contributed by atoms with E-state index in [1.54, 1.807) is 17.5 Å². The minimum absolute atomic E-state index is 0.0892. The fraction of sp³-hybridized carbons (Fsp3) is 0. The highest BCUT2D eigenvalue weighted by atomic mass is 35.5. The van der Waals surface area contributed by atoms with Gasteiger partial charge in [0.1, 0.15) is 4.34 Å². The fourth-order valence-electron chi connectivity index (χ4n) is 1.17. The lowest BCUT2D eigenvalue weighted by Crippen LogP contribution is -1.85. The number of nitro groups is 1. The molecule has 0 saturated heterocycles. The van der Waals surface area contributed by atoms with Crippen molar-refractivity contribution in [3.8, 4) is 11.1 Å². The van der Waals surface area contributed by atoms with Crippen LogP contribution in [0, 0.1) is 10.1 Å². The summed E-state index contributed by atoms with van der Waals surface area (Å²) >= 11 is 14.0. The van der Waals surface area contributed by atoms with Crippen LogP contribution in [-0.2, 0) is 0 Å². The van der Waals surface area contributed by atoms with Gasteiger partial charge in [-0.1, -0.05) is 34.5 Å². The smallest absolute Gasteiger partial charge is 0.258 e. The first-order chi connectivity index (χ1) is 7.09. The molecule has 0 amide bonds. The zero-order valence-electron chi connectivity index (χ0n) is 7.07. The molecule has 0 bridgehead atoms. The number of nitrogens with zero attached hydrogens (tertiary/aromatic N) is 1. The first kappa shape index (κ1) is 10.9. The molecule has 2 aromatic heterocycles. The van der Waals surface area contributed by atoms with Gasteiger partial charge in [0.25, 0.3) is 0 Å². The quantitative estimate of drug-likeness (QED) is 0.591. The van der Waals surface area contributed by atoms with E-state index < -0.39 is 4.92 Å². The van der Waals surface area contributed by atoms with E-state index in [0.717, 1.165) is 11.3 Å². The molecule has 0 aromatic carbocycles. The van der Waals surface area contributed by atoms with Crippen LogP contribution < -0.4 is 0 Å². The Labute approximate surface area is 103 Å². The molecule has 0 aliphatic heterocycles. The summed E-state index contributed by atoms with van der Waals surface area (Å²) in [7, 11) is 0. The number of halogens is 2. The molecule has 2 aromatic rings. The Balaban J connectivity index is 2.58. The van der Waals surface area contributed by atoms with Crippen LogP contribution in [-0.4, -0.2) is 4.92 Å². The first-order valence-corrected chi connectivity index (χ1v) is 6.22. The minimum Gasteiger partial charge on any atom is -0.258 e. The van der Waals surface area contributed by atoms with Crippen LogP contribution in [0.15, 0.2) is 17.5 Å². The molecule has 0 fully saturated rings. The molecule has 15 heavy (non-hydrogen) atoms. The number of thiophene rings is 2. The van der Waals surface area contributed by atoms with Crippen molar-refractivity contribution in [2.24, 2.45) is 0 Å². The largest absolute Gasteiger partial charge is 0.331 e. The van der Waals surface area contributed by atoms with Gasteiger partial charge < -0.3 is 0 Å². The standard InChI is InChI=1S/C8H3Cl2NO2S2/c9-6-3-5(7(10)15-6)4-1-2-14-8(4)11(12)13/h1-3H. The lowest BCUT2D eigenvalue weighted by atomic mass is 10.2. The van der Waals surface area contributed by atoms with Crippen LogP contribution in [0.5, 0.6) is 0 Å². The number of hydrogen-bond donors (Lipinski definition) is 0. The van der Waals surface area contributed by atoms with Gasteiger partial charge in [-0.15, -0.1) is 11.3 Å². The Hall–Kier alpha value is -0.620. The molecule has 0 aliphatic rings. The summed E-state index contributed by atoms with van der Waals surface area (Å²) in [5, 5.41) is 12.5. The summed E-state index contributed by atoms with van der Waals surface area (Å²) < 4.78 is 0.997. The predicted octanol–water partition coefficient (Wildman–Crippen LogP) is 4.69. The monoisotopic (exact) mass is 279 g/mol. The normalized spacial score (nSPS) is 10.5. The Morgan fingerprint density at radius 1 is 1.33 bits per heavy atom. The zero-order chi connectivity index (χ0) is 11.0.